The molecule has 5 rings (SSSR count). The number of carbonyl (C=O) groups excluding carboxylic acids is 1. The second kappa shape index (κ2) is 8.40. The van der Waals surface area contributed by atoms with E-state index in [1.165, 1.54) is 43.3 Å². The molecule has 3 fully saturated rings. The first-order valence-electron chi connectivity index (χ1n) is 12.0. The van der Waals surface area contributed by atoms with Crippen molar-refractivity contribution in [3.05, 3.63) is 71.8 Å². The van der Waals surface area contributed by atoms with Crippen LogP contribution in [0.4, 0.5) is 0 Å². The number of hydrogen-bond acceptors (Lipinski definition) is 3. The highest BCUT2D eigenvalue weighted by Gasteiger charge is 2.56. The molecule has 0 aromatic heterocycles. The smallest absolute Gasteiger partial charge is 0.348 e. The lowest BCUT2D eigenvalue weighted by atomic mass is 9.85. The molecule has 4 heteroatoms. The number of ether oxygens (including phenoxy) is 2. The van der Waals surface area contributed by atoms with Gasteiger partial charge < -0.3 is 14.0 Å². The average Bonchev–Trinajstić information content (AvgIpc) is 3.35. The van der Waals surface area contributed by atoms with Crippen molar-refractivity contribution in [1.29, 1.82) is 0 Å². The molecule has 3 aliphatic heterocycles. The van der Waals surface area contributed by atoms with E-state index in [9.17, 15) is 4.79 Å². The van der Waals surface area contributed by atoms with Gasteiger partial charge in [-0.2, -0.15) is 0 Å². The van der Waals surface area contributed by atoms with Gasteiger partial charge in [0, 0.05) is 45.1 Å². The third kappa shape index (κ3) is 3.41. The SMILES string of the molecule is CCOC(C(=O)OC1CC2CCC(C1)[N+]21CCCC1)(c1ccccc1)c1ccccc1. The number of hydrogen-bond donors (Lipinski definition) is 0. The molecule has 2 bridgehead atoms. The quantitative estimate of drug-likeness (QED) is 0.497. The van der Waals surface area contributed by atoms with Crippen LogP contribution in [0.1, 0.15) is 56.6 Å². The van der Waals surface area contributed by atoms with Crippen molar-refractivity contribution >= 4 is 5.97 Å². The molecule has 0 aliphatic carbocycles. The van der Waals surface area contributed by atoms with Crippen molar-refractivity contribution in [2.45, 2.75) is 69.2 Å². The number of piperidine rings is 1. The zero-order valence-corrected chi connectivity index (χ0v) is 18.5. The molecule has 1 spiro atoms. The highest BCUT2D eigenvalue weighted by Crippen LogP contribution is 2.47. The van der Waals surface area contributed by atoms with Crippen LogP contribution in [0.5, 0.6) is 0 Å². The molecule has 2 aromatic rings. The molecule has 2 atom stereocenters. The Morgan fingerprint density at radius 3 is 1.90 bits per heavy atom. The number of quaternary nitrogens is 1. The number of benzene rings is 2. The minimum absolute atomic E-state index is 0.0124. The van der Waals surface area contributed by atoms with Gasteiger partial charge in [0.1, 0.15) is 6.10 Å². The molecule has 0 saturated carbocycles. The monoisotopic (exact) mass is 420 g/mol. The topological polar surface area (TPSA) is 35.5 Å². The number of carbonyl (C=O) groups is 1. The second-order valence-corrected chi connectivity index (χ2v) is 9.49. The Morgan fingerprint density at radius 1 is 0.903 bits per heavy atom. The lowest BCUT2D eigenvalue weighted by molar-refractivity contribution is -0.956. The Hall–Kier alpha value is -2.17. The van der Waals surface area contributed by atoms with Crippen molar-refractivity contribution < 1.29 is 18.8 Å². The Kier molecular flexibility index (Phi) is 5.61. The fourth-order valence-electron chi connectivity index (χ4n) is 6.73. The summed E-state index contributed by atoms with van der Waals surface area (Å²) >= 11 is 0. The van der Waals surface area contributed by atoms with Gasteiger partial charge in [-0.25, -0.2) is 4.79 Å². The van der Waals surface area contributed by atoms with Gasteiger partial charge in [0.05, 0.1) is 25.2 Å². The summed E-state index contributed by atoms with van der Waals surface area (Å²) in [5, 5.41) is 0. The van der Waals surface area contributed by atoms with Gasteiger partial charge in [-0.05, 0) is 18.1 Å². The van der Waals surface area contributed by atoms with Crippen LogP contribution in [0.25, 0.3) is 0 Å². The average molecular weight is 421 g/mol. The Balaban J connectivity index is 1.44. The maximum absolute atomic E-state index is 13.9. The van der Waals surface area contributed by atoms with Crippen molar-refractivity contribution in [3.63, 3.8) is 0 Å². The number of rotatable bonds is 6. The van der Waals surface area contributed by atoms with Crippen LogP contribution in [0.2, 0.25) is 0 Å². The Morgan fingerprint density at radius 2 is 1.42 bits per heavy atom. The summed E-state index contributed by atoms with van der Waals surface area (Å²) in [4.78, 5) is 13.9. The Labute approximate surface area is 185 Å². The van der Waals surface area contributed by atoms with E-state index in [2.05, 4.69) is 0 Å². The van der Waals surface area contributed by atoms with Gasteiger partial charge >= 0.3 is 5.97 Å². The first-order chi connectivity index (χ1) is 15.2. The highest BCUT2D eigenvalue weighted by molar-refractivity contribution is 5.86. The van der Waals surface area contributed by atoms with Crippen LogP contribution in [0, 0.1) is 0 Å². The third-order valence-corrected chi connectivity index (χ3v) is 8.04. The standard InChI is InChI=1S/C27H34NO3/c1-2-30-27(21-11-5-3-6-12-21,22-13-7-4-8-14-22)26(29)31-25-19-23-15-16-24(20-25)28(23)17-9-10-18-28/h3-8,11-14,23-25H,2,9-10,15-20H2,1H3/q+1. The lowest BCUT2D eigenvalue weighted by Crippen LogP contribution is -2.60. The van der Waals surface area contributed by atoms with Gasteiger partial charge in [0.25, 0.3) is 0 Å². The van der Waals surface area contributed by atoms with E-state index in [0.29, 0.717) is 18.7 Å². The van der Waals surface area contributed by atoms with Crippen molar-refractivity contribution in [2.24, 2.45) is 0 Å². The van der Waals surface area contributed by atoms with Gasteiger partial charge in [-0.1, -0.05) is 60.7 Å². The van der Waals surface area contributed by atoms with Crippen LogP contribution in [0.15, 0.2) is 60.7 Å². The molecule has 3 aliphatic rings. The number of nitrogens with zero attached hydrogens (tertiary/aromatic N) is 1. The molecule has 3 saturated heterocycles. The molecule has 164 valence electrons. The molecular weight excluding hydrogens is 386 g/mol. The predicted molar refractivity (Wildman–Crippen MR) is 120 cm³/mol. The minimum Gasteiger partial charge on any atom is -0.459 e. The zero-order valence-electron chi connectivity index (χ0n) is 18.5. The van der Waals surface area contributed by atoms with Crippen LogP contribution in [-0.4, -0.2) is 48.3 Å². The first kappa shape index (κ1) is 20.7. The highest BCUT2D eigenvalue weighted by atomic mass is 16.6. The van der Waals surface area contributed by atoms with E-state index < -0.39 is 5.60 Å². The van der Waals surface area contributed by atoms with E-state index in [-0.39, 0.29) is 12.1 Å². The fraction of sp³-hybridized carbons (Fsp3) is 0.519. The molecule has 3 heterocycles. The van der Waals surface area contributed by atoms with E-state index in [4.69, 9.17) is 9.47 Å². The minimum atomic E-state index is -1.23. The van der Waals surface area contributed by atoms with Gasteiger partial charge in [0.15, 0.2) is 0 Å². The van der Waals surface area contributed by atoms with E-state index in [1.807, 2.05) is 67.6 Å². The predicted octanol–water partition coefficient (Wildman–Crippen LogP) is 4.81. The van der Waals surface area contributed by atoms with Crippen LogP contribution >= 0.6 is 0 Å². The van der Waals surface area contributed by atoms with E-state index in [1.54, 1.807) is 0 Å². The van der Waals surface area contributed by atoms with Crippen LogP contribution in [-0.2, 0) is 19.9 Å². The maximum atomic E-state index is 13.9. The first-order valence-corrected chi connectivity index (χ1v) is 12.0. The summed E-state index contributed by atoms with van der Waals surface area (Å²) in [5.41, 5.74) is 0.429. The molecule has 4 nitrogen and oxygen atoms in total. The number of esters is 1. The molecule has 31 heavy (non-hydrogen) atoms. The van der Waals surface area contributed by atoms with E-state index in [0.717, 1.165) is 24.0 Å². The van der Waals surface area contributed by atoms with Crippen molar-refractivity contribution in [3.8, 4) is 0 Å². The molecule has 0 N–H and O–H groups in total. The summed E-state index contributed by atoms with van der Waals surface area (Å²) in [7, 11) is 0. The largest absolute Gasteiger partial charge is 0.459 e. The summed E-state index contributed by atoms with van der Waals surface area (Å²) in [6.07, 6.45) is 7.25. The molecule has 0 amide bonds. The second-order valence-electron chi connectivity index (χ2n) is 9.49. The zero-order chi connectivity index (χ0) is 21.3. The van der Waals surface area contributed by atoms with Gasteiger partial charge in [0.2, 0.25) is 5.60 Å². The summed E-state index contributed by atoms with van der Waals surface area (Å²) in [6.45, 7) is 5.02. The normalized spacial score (nSPS) is 26.8. The van der Waals surface area contributed by atoms with Crippen molar-refractivity contribution in [1.82, 2.24) is 0 Å². The molecular formula is C27H34NO3+. The van der Waals surface area contributed by atoms with Gasteiger partial charge in [-0.3, -0.25) is 0 Å². The summed E-state index contributed by atoms with van der Waals surface area (Å²) < 4.78 is 13.9. The molecule has 0 radical (unpaired) electrons. The summed E-state index contributed by atoms with van der Waals surface area (Å²) in [5.74, 6) is -0.272. The van der Waals surface area contributed by atoms with E-state index >= 15 is 0 Å². The molecule has 2 unspecified atom stereocenters. The third-order valence-electron chi connectivity index (χ3n) is 8.04. The van der Waals surface area contributed by atoms with Crippen LogP contribution < -0.4 is 0 Å². The van der Waals surface area contributed by atoms with Crippen molar-refractivity contribution in [2.75, 3.05) is 19.7 Å². The maximum Gasteiger partial charge on any atom is 0.348 e. The Bertz CT molecular complexity index is 836. The molecule has 2 aromatic carbocycles. The lowest BCUT2D eigenvalue weighted by Gasteiger charge is -2.47. The fourth-order valence-corrected chi connectivity index (χ4v) is 6.73. The summed E-state index contributed by atoms with van der Waals surface area (Å²) in [6, 6.07) is 21.0. The van der Waals surface area contributed by atoms with Crippen LogP contribution in [0.3, 0.4) is 0 Å². The van der Waals surface area contributed by atoms with Gasteiger partial charge in [-0.15, -0.1) is 0 Å².